The molecule has 1 saturated heterocycles. The number of rotatable bonds is 5. The predicted octanol–water partition coefficient (Wildman–Crippen LogP) is 2.03. The number of nitrogens with zero attached hydrogens (tertiary/aromatic N) is 7. The van der Waals surface area contributed by atoms with Gasteiger partial charge in [0.05, 0.1) is 24.5 Å². The highest BCUT2D eigenvalue weighted by atomic mass is 16.2. The standard InChI is InChI=1S/C22H21N9O/c23-9-15-3-4-20-26-11-18(31(20)12-15)22-25-6-5-19(29-22)28-16-2-1-7-30(13-16)21(32)8-17-10-24-14-27-17/h3-6,10-12,14,16H,1-2,7-8,13H2,(H,24,27)(H,25,28,29)/t16-/m1/s1. The number of imidazole rings is 2. The van der Waals surface area contributed by atoms with Crippen LogP contribution in [0.2, 0.25) is 0 Å². The molecule has 32 heavy (non-hydrogen) atoms. The topological polar surface area (TPSA) is 128 Å². The van der Waals surface area contributed by atoms with Crippen molar-refractivity contribution in [3.8, 4) is 17.6 Å². The third kappa shape index (κ3) is 4.00. The number of fused-ring (bicyclic) bond motifs is 1. The number of piperidine rings is 1. The van der Waals surface area contributed by atoms with E-state index in [-0.39, 0.29) is 11.9 Å². The first kappa shape index (κ1) is 19.7. The lowest BCUT2D eigenvalue weighted by Crippen LogP contribution is -2.45. The van der Waals surface area contributed by atoms with Gasteiger partial charge >= 0.3 is 0 Å². The fourth-order valence-corrected chi connectivity index (χ4v) is 3.96. The summed E-state index contributed by atoms with van der Waals surface area (Å²) in [4.78, 5) is 34.9. The van der Waals surface area contributed by atoms with Gasteiger partial charge in [0, 0.05) is 43.4 Å². The van der Waals surface area contributed by atoms with Gasteiger partial charge < -0.3 is 15.2 Å². The van der Waals surface area contributed by atoms with Crippen molar-refractivity contribution in [2.75, 3.05) is 18.4 Å². The summed E-state index contributed by atoms with van der Waals surface area (Å²) >= 11 is 0. The van der Waals surface area contributed by atoms with Crippen LogP contribution >= 0.6 is 0 Å². The summed E-state index contributed by atoms with van der Waals surface area (Å²) in [5.41, 5.74) is 2.78. The zero-order valence-electron chi connectivity index (χ0n) is 17.3. The molecule has 5 rings (SSSR count). The summed E-state index contributed by atoms with van der Waals surface area (Å²) in [5.74, 6) is 1.29. The lowest BCUT2D eigenvalue weighted by atomic mass is 10.1. The molecule has 1 aliphatic heterocycles. The number of hydrogen-bond donors (Lipinski definition) is 2. The summed E-state index contributed by atoms with van der Waals surface area (Å²) in [7, 11) is 0. The van der Waals surface area contributed by atoms with Gasteiger partial charge in [-0.1, -0.05) is 0 Å². The van der Waals surface area contributed by atoms with Gasteiger partial charge in [-0.25, -0.2) is 19.9 Å². The van der Waals surface area contributed by atoms with Crippen molar-refractivity contribution >= 4 is 17.4 Å². The van der Waals surface area contributed by atoms with Gasteiger partial charge in [-0.15, -0.1) is 0 Å². The Labute approximate surface area is 184 Å². The smallest absolute Gasteiger partial charge is 0.228 e. The summed E-state index contributed by atoms with van der Waals surface area (Å²) < 4.78 is 1.81. The molecule has 1 atom stereocenters. The van der Waals surface area contributed by atoms with Crippen LogP contribution in [0.4, 0.5) is 5.82 Å². The number of carbonyl (C=O) groups is 1. The number of likely N-dealkylation sites (tertiary alicyclic amines) is 1. The lowest BCUT2D eigenvalue weighted by Gasteiger charge is -2.33. The molecule has 10 nitrogen and oxygen atoms in total. The summed E-state index contributed by atoms with van der Waals surface area (Å²) in [6, 6.07) is 7.58. The number of amides is 1. The molecule has 4 aromatic rings. The summed E-state index contributed by atoms with van der Waals surface area (Å²) in [5, 5.41) is 12.6. The molecule has 0 spiro atoms. The predicted molar refractivity (Wildman–Crippen MR) is 116 cm³/mol. The van der Waals surface area contributed by atoms with E-state index in [0.717, 1.165) is 30.7 Å². The fourth-order valence-electron chi connectivity index (χ4n) is 3.96. The molecule has 1 aliphatic rings. The van der Waals surface area contributed by atoms with E-state index in [1.54, 1.807) is 43.2 Å². The molecule has 5 heterocycles. The summed E-state index contributed by atoms with van der Waals surface area (Å²) in [6.45, 7) is 1.37. The number of nitriles is 1. The van der Waals surface area contributed by atoms with Crippen molar-refractivity contribution in [1.82, 2.24) is 34.2 Å². The van der Waals surface area contributed by atoms with Crippen LogP contribution in [0.1, 0.15) is 24.1 Å². The van der Waals surface area contributed by atoms with Gasteiger partial charge in [0.2, 0.25) is 5.91 Å². The number of aromatic nitrogens is 6. The summed E-state index contributed by atoms with van der Waals surface area (Å²) in [6.07, 6.45) is 10.6. The van der Waals surface area contributed by atoms with Crippen molar-refractivity contribution in [2.45, 2.75) is 25.3 Å². The maximum Gasteiger partial charge on any atom is 0.228 e. The Morgan fingerprint density at radius 1 is 1.28 bits per heavy atom. The molecule has 0 unspecified atom stereocenters. The van der Waals surface area contributed by atoms with Crippen LogP contribution < -0.4 is 5.32 Å². The van der Waals surface area contributed by atoms with E-state index in [0.29, 0.717) is 35.9 Å². The average Bonchev–Trinajstić information content (AvgIpc) is 3.48. The number of pyridine rings is 1. The van der Waals surface area contributed by atoms with E-state index in [1.165, 1.54) is 0 Å². The van der Waals surface area contributed by atoms with Crippen LogP contribution in [-0.2, 0) is 11.2 Å². The van der Waals surface area contributed by atoms with Crippen LogP contribution in [0.25, 0.3) is 17.2 Å². The second kappa shape index (κ2) is 8.47. The van der Waals surface area contributed by atoms with Crippen LogP contribution in [0.15, 0.2) is 49.3 Å². The number of carbonyl (C=O) groups excluding carboxylic acids is 1. The molecule has 2 N–H and O–H groups in total. The highest BCUT2D eigenvalue weighted by Crippen LogP contribution is 2.21. The fraction of sp³-hybridized carbons (Fsp3) is 0.273. The first-order valence-electron chi connectivity index (χ1n) is 10.4. The second-order valence-electron chi connectivity index (χ2n) is 7.74. The van der Waals surface area contributed by atoms with Gasteiger partial charge in [0.15, 0.2) is 5.82 Å². The van der Waals surface area contributed by atoms with E-state index in [9.17, 15) is 10.1 Å². The largest absolute Gasteiger partial charge is 0.365 e. The first-order chi connectivity index (χ1) is 15.7. The van der Waals surface area contributed by atoms with E-state index in [4.69, 9.17) is 0 Å². The molecule has 10 heteroatoms. The Hall–Kier alpha value is -4.26. The number of H-pyrrole nitrogens is 1. The van der Waals surface area contributed by atoms with Crippen molar-refractivity contribution in [1.29, 1.82) is 5.26 Å². The van der Waals surface area contributed by atoms with Gasteiger partial charge in [0.1, 0.15) is 23.2 Å². The highest BCUT2D eigenvalue weighted by Gasteiger charge is 2.24. The quantitative estimate of drug-likeness (QED) is 0.499. The van der Waals surface area contributed by atoms with Gasteiger partial charge in [0.25, 0.3) is 0 Å². The molecule has 4 aromatic heterocycles. The Kier molecular flexibility index (Phi) is 5.21. The average molecular weight is 427 g/mol. The van der Waals surface area contributed by atoms with Gasteiger partial charge in [-0.05, 0) is 31.0 Å². The molecule has 1 amide bonds. The maximum atomic E-state index is 12.6. The molecule has 0 radical (unpaired) electrons. The Bertz CT molecular complexity index is 1290. The van der Waals surface area contributed by atoms with Crippen molar-refractivity contribution in [3.63, 3.8) is 0 Å². The van der Waals surface area contributed by atoms with Crippen LogP contribution in [0.3, 0.4) is 0 Å². The molecular weight excluding hydrogens is 406 g/mol. The minimum atomic E-state index is 0.0863. The SMILES string of the molecule is N#Cc1ccc2ncc(-c3nccc(N[C@@H]4CCCN(C(=O)Cc5cnc[nH]5)C4)n3)n2c1. The van der Waals surface area contributed by atoms with Crippen molar-refractivity contribution in [3.05, 3.63) is 60.6 Å². The zero-order chi connectivity index (χ0) is 21.9. The van der Waals surface area contributed by atoms with Crippen LogP contribution in [-0.4, -0.2) is 59.3 Å². The highest BCUT2D eigenvalue weighted by molar-refractivity contribution is 5.78. The van der Waals surface area contributed by atoms with E-state index >= 15 is 0 Å². The van der Waals surface area contributed by atoms with E-state index < -0.39 is 0 Å². The first-order valence-corrected chi connectivity index (χ1v) is 10.4. The Morgan fingerprint density at radius 2 is 2.22 bits per heavy atom. The van der Waals surface area contributed by atoms with Gasteiger partial charge in [-0.2, -0.15) is 5.26 Å². The van der Waals surface area contributed by atoms with Gasteiger partial charge in [-0.3, -0.25) is 9.20 Å². The minimum Gasteiger partial charge on any atom is -0.365 e. The maximum absolute atomic E-state index is 12.6. The molecule has 0 bridgehead atoms. The molecule has 0 aliphatic carbocycles. The number of hydrogen-bond acceptors (Lipinski definition) is 7. The number of anilines is 1. The second-order valence-corrected chi connectivity index (χ2v) is 7.74. The lowest BCUT2D eigenvalue weighted by molar-refractivity contribution is -0.131. The third-order valence-electron chi connectivity index (χ3n) is 5.54. The molecule has 0 aromatic carbocycles. The molecule has 1 fully saturated rings. The van der Waals surface area contributed by atoms with Crippen LogP contribution in [0, 0.1) is 11.3 Å². The van der Waals surface area contributed by atoms with E-state index in [2.05, 4.69) is 36.3 Å². The monoisotopic (exact) mass is 427 g/mol. The number of aromatic amines is 1. The van der Waals surface area contributed by atoms with Crippen molar-refractivity contribution < 1.29 is 4.79 Å². The molecule has 160 valence electrons. The Balaban J connectivity index is 1.31. The zero-order valence-corrected chi connectivity index (χ0v) is 17.3. The third-order valence-corrected chi connectivity index (χ3v) is 5.54. The minimum absolute atomic E-state index is 0.0863. The van der Waals surface area contributed by atoms with Crippen molar-refractivity contribution in [2.24, 2.45) is 0 Å². The normalized spacial score (nSPS) is 16.1. The van der Waals surface area contributed by atoms with Crippen LogP contribution in [0.5, 0.6) is 0 Å². The number of nitrogens with one attached hydrogen (secondary N) is 2. The molecule has 0 saturated carbocycles. The Morgan fingerprint density at radius 3 is 3.06 bits per heavy atom. The molecular formula is C22H21N9O. The van der Waals surface area contributed by atoms with E-state index in [1.807, 2.05) is 15.4 Å².